The van der Waals surface area contributed by atoms with Crippen molar-refractivity contribution in [3.8, 4) is 5.69 Å². The van der Waals surface area contributed by atoms with Crippen molar-refractivity contribution in [3.05, 3.63) is 71.0 Å². The normalized spacial score (nSPS) is 14.5. The molecule has 10 heteroatoms. The first-order chi connectivity index (χ1) is 14.8. The lowest BCUT2D eigenvalue weighted by molar-refractivity contribution is -0.143. The number of hydrogen-bond donors (Lipinski definition) is 1. The van der Waals surface area contributed by atoms with Gasteiger partial charge in [0.2, 0.25) is 0 Å². The minimum Gasteiger partial charge on any atom is -0.378 e. The minimum absolute atomic E-state index is 0.105. The highest BCUT2D eigenvalue weighted by atomic mass is 35.5. The van der Waals surface area contributed by atoms with Crippen LogP contribution in [-0.2, 0) is 10.9 Å². The van der Waals surface area contributed by atoms with Crippen molar-refractivity contribution < 1.29 is 22.7 Å². The number of rotatable bonds is 4. The number of benzene rings is 2. The fourth-order valence-electron chi connectivity index (χ4n) is 3.37. The summed E-state index contributed by atoms with van der Waals surface area (Å²) in [5.74, 6) is -0.903. The molecule has 1 aromatic heterocycles. The molecule has 1 aliphatic rings. The highest BCUT2D eigenvalue weighted by Crippen LogP contribution is 2.34. The molecule has 0 saturated carbocycles. The van der Waals surface area contributed by atoms with Gasteiger partial charge < -0.3 is 15.0 Å². The van der Waals surface area contributed by atoms with Crippen LogP contribution in [0.5, 0.6) is 0 Å². The molecule has 1 fully saturated rings. The van der Waals surface area contributed by atoms with Gasteiger partial charge in [0.05, 0.1) is 30.7 Å². The van der Waals surface area contributed by atoms with E-state index in [-0.39, 0.29) is 10.7 Å². The first kappa shape index (κ1) is 21.2. The van der Waals surface area contributed by atoms with E-state index in [1.807, 2.05) is 0 Å². The lowest BCUT2D eigenvalue weighted by Crippen LogP contribution is -2.36. The number of anilines is 2. The number of alkyl halides is 3. The summed E-state index contributed by atoms with van der Waals surface area (Å²) in [6.07, 6.45) is -3.90. The summed E-state index contributed by atoms with van der Waals surface area (Å²) in [5, 5.41) is 6.56. The predicted octanol–water partition coefficient (Wildman–Crippen LogP) is 4.63. The second-order valence-electron chi connectivity index (χ2n) is 6.90. The Labute approximate surface area is 181 Å². The number of carbonyl (C=O) groups is 1. The Morgan fingerprint density at radius 1 is 1.06 bits per heavy atom. The van der Waals surface area contributed by atoms with Crippen LogP contribution in [0.25, 0.3) is 5.69 Å². The van der Waals surface area contributed by atoms with Gasteiger partial charge in [-0.3, -0.25) is 4.79 Å². The summed E-state index contributed by atoms with van der Waals surface area (Å²) in [6.45, 7) is 2.78. The maximum Gasteiger partial charge on any atom is 0.434 e. The molecule has 1 aliphatic heterocycles. The first-order valence-corrected chi connectivity index (χ1v) is 9.86. The first-order valence-electron chi connectivity index (χ1n) is 9.48. The van der Waals surface area contributed by atoms with E-state index in [9.17, 15) is 18.0 Å². The van der Waals surface area contributed by atoms with E-state index in [1.165, 1.54) is 24.3 Å². The second-order valence-corrected chi connectivity index (χ2v) is 7.33. The smallest absolute Gasteiger partial charge is 0.378 e. The zero-order valence-electron chi connectivity index (χ0n) is 16.2. The molecular formula is C21H18ClF3N4O2. The van der Waals surface area contributed by atoms with Crippen molar-refractivity contribution in [2.75, 3.05) is 36.5 Å². The van der Waals surface area contributed by atoms with Crippen LogP contribution in [0.1, 0.15) is 16.1 Å². The van der Waals surface area contributed by atoms with E-state index in [2.05, 4.69) is 15.3 Å². The minimum atomic E-state index is -4.80. The molecule has 0 atom stereocenters. The van der Waals surface area contributed by atoms with Crippen molar-refractivity contribution in [3.63, 3.8) is 0 Å². The molecule has 3 aromatic rings. The molecule has 0 radical (unpaired) electrons. The van der Waals surface area contributed by atoms with E-state index in [4.69, 9.17) is 16.3 Å². The molecule has 0 aliphatic carbocycles. The molecule has 2 aromatic carbocycles. The van der Waals surface area contributed by atoms with Crippen LogP contribution in [0.2, 0.25) is 5.02 Å². The van der Waals surface area contributed by atoms with Crippen LogP contribution >= 0.6 is 11.6 Å². The summed E-state index contributed by atoms with van der Waals surface area (Å²) in [4.78, 5) is 14.8. The number of ether oxygens (including phenoxy) is 1. The van der Waals surface area contributed by atoms with Crippen molar-refractivity contribution in [2.24, 2.45) is 0 Å². The lowest BCUT2D eigenvalue weighted by Gasteiger charge is -2.28. The van der Waals surface area contributed by atoms with Gasteiger partial charge >= 0.3 is 6.18 Å². The third-order valence-corrected chi connectivity index (χ3v) is 5.07. The third-order valence-electron chi connectivity index (χ3n) is 4.84. The van der Waals surface area contributed by atoms with E-state index in [0.717, 1.165) is 25.0 Å². The molecule has 162 valence electrons. The van der Waals surface area contributed by atoms with Gasteiger partial charge in [-0.05, 0) is 42.5 Å². The van der Waals surface area contributed by atoms with Gasteiger partial charge in [0.15, 0.2) is 5.69 Å². The highest BCUT2D eigenvalue weighted by molar-refractivity contribution is 6.30. The second kappa shape index (κ2) is 8.60. The standard InChI is InChI=1S/C21H18ClF3N4O2/c22-14-2-1-3-17(12-14)29-19(21(23,24)25)18(13-26-29)20(30)27-15-4-6-16(7-5-15)28-8-10-31-11-9-28/h1-7,12-13H,8-11H2,(H,27,30). The molecule has 1 saturated heterocycles. The van der Waals surface area contributed by atoms with Crippen molar-refractivity contribution in [1.82, 2.24) is 9.78 Å². The van der Waals surface area contributed by atoms with E-state index >= 15 is 0 Å². The number of nitrogens with one attached hydrogen (secondary N) is 1. The monoisotopic (exact) mass is 450 g/mol. The van der Waals surface area contributed by atoms with Crippen molar-refractivity contribution in [2.45, 2.75) is 6.18 Å². The average molecular weight is 451 g/mol. The average Bonchev–Trinajstić information content (AvgIpc) is 3.21. The van der Waals surface area contributed by atoms with Gasteiger partial charge in [-0.2, -0.15) is 18.3 Å². The zero-order chi connectivity index (χ0) is 22.0. The fourth-order valence-corrected chi connectivity index (χ4v) is 3.55. The van der Waals surface area contributed by atoms with Crippen LogP contribution < -0.4 is 10.2 Å². The molecule has 0 spiro atoms. The van der Waals surface area contributed by atoms with Crippen LogP contribution in [0, 0.1) is 0 Å². The number of hydrogen-bond acceptors (Lipinski definition) is 4. The number of carbonyl (C=O) groups excluding carboxylic acids is 1. The SMILES string of the molecule is O=C(Nc1ccc(N2CCOCC2)cc1)c1cnn(-c2cccc(Cl)c2)c1C(F)(F)F. The highest BCUT2D eigenvalue weighted by Gasteiger charge is 2.40. The maximum atomic E-state index is 13.8. The number of morpholine rings is 1. The third kappa shape index (κ3) is 4.67. The Morgan fingerprint density at radius 3 is 2.42 bits per heavy atom. The van der Waals surface area contributed by atoms with Crippen LogP contribution in [0.4, 0.5) is 24.5 Å². The van der Waals surface area contributed by atoms with Gasteiger partial charge in [-0.1, -0.05) is 17.7 Å². The van der Waals surface area contributed by atoms with Crippen molar-refractivity contribution in [1.29, 1.82) is 0 Å². The molecular weight excluding hydrogens is 433 g/mol. The van der Waals surface area contributed by atoms with Gasteiger partial charge in [0.25, 0.3) is 5.91 Å². The quantitative estimate of drug-likeness (QED) is 0.629. The molecule has 6 nitrogen and oxygen atoms in total. The number of nitrogens with zero attached hydrogens (tertiary/aromatic N) is 3. The Hall–Kier alpha value is -3.04. The molecule has 2 heterocycles. The summed E-state index contributed by atoms with van der Waals surface area (Å²) in [6, 6.07) is 12.7. The molecule has 0 unspecified atom stereocenters. The number of aromatic nitrogens is 2. The maximum absolute atomic E-state index is 13.8. The molecule has 1 amide bonds. The summed E-state index contributed by atoms with van der Waals surface area (Å²) in [5.41, 5.74) is -0.313. The summed E-state index contributed by atoms with van der Waals surface area (Å²) >= 11 is 5.89. The van der Waals surface area contributed by atoms with E-state index in [0.29, 0.717) is 23.6 Å². The Bertz CT molecular complexity index is 1080. The summed E-state index contributed by atoms with van der Waals surface area (Å²) in [7, 11) is 0. The largest absolute Gasteiger partial charge is 0.434 e. The van der Waals surface area contributed by atoms with E-state index in [1.54, 1.807) is 24.3 Å². The van der Waals surface area contributed by atoms with Crippen LogP contribution in [0.3, 0.4) is 0 Å². The van der Waals surface area contributed by atoms with Crippen LogP contribution in [0.15, 0.2) is 54.7 Å². The molecule has 1 N–H and O–H groups in total. The van der Waals surface area contributed by atoms with Gasteiger partial charge in [0, 0.05) is 29.5 Å². The molecule has 4 rings (SSSR count). The Kier molecular flexibility index (Phi) is 5.88. The van der Waals surface area contributed by atoms with E-state index < -0.39 is 23.3 Å². The fraction of sp³-hybridized carbons (Fsp3) is 0.238. The van der Waals surface area contributed by atoms with Gasteiger partial charge in [-0.25, -0.2) is 4.68 Å². The molecule has 31 heavy (non-hydrogen) atoms. The predicted molar refractivity (Wildman–Crippen MR) is 111 cm³/mol. The van der Waals surface area contributed by atoms with Gasteiger partial charge in [0.1, 0.15) is 0 Å². The zero-order valence-corrected chi connectivity index (χ0v) is 17.0. The molecule has 0 bridgehead atoms. The van der Waals surface area contributed by atoms with Crippen LogP contribution in [-0.4, -0.2) is 42.0 Å². The van der Waals surface area contributed by atoms with Gasteiger partial charge in [-0.15, -0.1) is 0 Å². The topological polar surface area (TPSA) is 59.4 Å². The van der Waals surface area contributed by atoms with Crippen molar-refractivity contribution >= 4 is 28.9 Å². The number of amides is 1. The Morgan fingerprint density at radius 2 is 1.77 bits per heavy atom. The number of halogens is 4. The Balaban J connectivity index is 1.58. The lowest BCUT2D eigenvalue weighted by atomic mass is 10.2. The summed E-state index contributed by atoms with van der Waals surface area (Å²) < 4.78 is 47.4.